The minimum Gasteiger partial charge on any atom is -1.00 e. The quantitative estimate of drug-likeness (QED) is 0.299. The molecule has 0 unspecified atom stereocenters. The summed E-state index contributed by atoms with van der Waals surface area (Å²) in [6, 6.07) is 0. The first-order chi connectivity index (χ1) is 2.00. The molecule has 0 fully saturated rings. The van der Waals surface area contributed by atoms with E-state index in [0.717, 1.165) is 0 Å². The SMILES string of the molecule is O[Si](O)(O)O.[H-].[H-].[Mg+2].[V]. The molecule has 0 spiro atoms. The fraction of sp³-hybridized carbons (Fsp3) is 0. The van der Waals surface area contributed by atoms with Gasteiger partial charge in [0.15, 0.2) is 0 Å². The van der Waals surface area contributed by atoms with E-state index < -0.39 is 9.05 Å². The summed E-state index contributed by atoms with van der Waals surface area (Å²) in [6.07, 6.45) is 0. The maximum Gasteiger partial charge on any atom is 2.00 e. The second-order valence-electron chi connectivity index (χ2n) is 0.600. The predicted octanol–water partition coefficient (Wildman–Crippen LogP) is -2.77. The van der Waals surface area contributed by atoms with Gasteiger partial charge in [0.25, 0.3) is 0 Å². The molecule has 0 heterocycles. The molecular formula is H6MgO4SiV. The summed E-state index contributed by atoms with van der Waals surface area (Å²) in [5.74, 6) is 0. The predicted molar refractivity (Wildman–Crippen MR) is 22.6 cm³/mol. The topological polar surface area (TPSA) is 80.9 Å². The van der Waals surface area contributed by atoms with Gasteiger partial charge in [0, 0.05) is 18.6 Å². The van der Waals surface area contributed by atoms with Crippen molar-refractivity contribution in [3.05, 3.63) is 0 Å². The Bertz CT molecular complexity index is 34.0. The molecule has 0 aliphatic carbocycles. The summed E-state index contributed by atoms with van der Waals surface area (Å²) >= 11 is 0. The Morgan fingerprint density at radius 2 is 1.00 bits per heavy atom. The maximum atomic E-state index is 7.33. The van der Waals surface area contributed by atoms with Crippen molar-refractivity contribution in [2.45, 2.75) is 0 Å². The van der Waals surface area contributed by atoms with Gasteiger partial charge in [-0.05, 0) is 0 Å². The van der Waals surface area contributed by atoms with Crippen LogP contribution in [0, 0.1) is 0 Å². The van der Waals surface area contributed by atoms with Crippen LogP contribution in [0.5, 0.6) is 0 Å². The zero-order valence-electron chi connectivity index (χ0n) is 5.44. The molecule has 4 N–H and O–H groups in total. The first-order valence-electron chi connectivity index (χ1n) is 0.894. The van der Waals surface area contributed by atoms with Crippen molar-refractivity contribution in [3.63, 3.8) is 0 Å². The molecular weight excluding hydrogens is 167 g/mol. The van der Waals surface area contributed by atoms with Crippen LogP contribution in [0.15, 0.2) is 0 Å². The average Bonchev–Trinajstić information content (AvgIpc) is 0.722. The molecule has 0 aromatic rings. The third-order valence-electron chi connectivity index (χ3n) is 0. The van der Waals surface area contributed by atoms with Gasteiger partial charge >= 0.3 is 32.1 Å². The molecule has 0 rings (SSSR count). The van der Waals surface area contributed by atoms with Crippen LogP contribution in [-0.2, 0) is 18.6 Å². The molecule has 0 saturated heterocycles. The van der Waals surface area contributed by atoms with Crippen LogP contribution in [0.2, 0.25) is 0 Å². The Kier molecular flexibility index (Phi) is 12.5. The van der Waals surface area contributed by atoms with Crippen molar-refractivity contribution in [2.24, 2.45) is 0 Å². The van der Waals surface area contributed by atoms with Gasteiger partial charge in [-0.2, -0.15) is 0 Å². The largest absolute Gasteiger partial charge is 2.00 e. The number of hydrogen-bond acceptors (Lipinski definition) is 4. The van der Waals surface area contributed by atoms with E-state index in [2.05, 4.69) is 0 Å². The minimum absolute atomic E-state index is 0. The van der Waals surface area contributed by atoms with Gasteiger partial charge < -0.3 is 22.0 Å². The van der Waals surface area contributed by atoms with E-state index in [9.17, 15) is 0 Å². The van der Waals surface area contributed by atoms with Gasteiger partial charge in [-0.15, -0.1) is 0 Å². The van der Waals surface area contributed by atoms with Crippen LogP contribution >= 0.6 is 0 Å². The Morgan fingerprint density at radius 1 is 1.00 bits per heavy atom. The normalized spacial score (nSPS) is 8.57. The van der Waals surface area contributed by atoms with Crippen LogP contribution in [0.3, 0.4) is 0 Å². The zero-order chi connectivity index (χ0) is 4.50. The monoisotopic (exact) mass is 173 g/mol. The smallest absolute Gasteiger partial charge is 1.00 e. The first-order valence-corrected chi connectivity index (χ1v) is 2.68. The zero-order valence-corrected chi connectivity index (χ0v) is 7.25. The second kappa shape index (κ2) is 5.54. The molecule has 0 saturated carbocycles. The minimum atomic E-state index is -4.61. The fourth-order valence-electron chi connectivity index (χ4n) is 0. The van der Waals surface area contributed by atoms with Crippen molar-refractivity contribution < 1.29 is 40.6 Å². The molecule has 1 radical (unpaired) electrons. The molecule has 4 nitrogen and oxygen atoms in total. The Labute approximate surface area is 72.7 Å². The molecule has 0 amide bonds. The van der Waals surface area contributed by atoms with Gasteiger partial charge in [-0.3, -0.25) is 0 Å². The van der Waals surface area contributed by atoms with E-state index in [1.807, 2.05) is 0 Å². The van der Waals surface area contributed by atoms with E-state index in [1.165, 1.54) is 0 Å². The van der Waals surface area contributed by atoms with Crippen molar-refractivity contribution in [2.75, 3.05) is 0 Å². The van der Waals surface area contributed by atoms with Crippen LogP contribution in [0.25, 0.3) is 0 Å². The van der Waals surface area contributed by atoms with E-state index in [4.69, 9.17) is 19.2 Å². The molecule has 0 aliphatic rings. The molecule has 7 heavy (non-hydrogen) atoms. The van der Waals surface area contributed by atoms with Crippen molar-refractivity contribution in [1.82, 2.24) is 0 Å². The van der Waals surface area contributed by atoms with Crippen LogP contribution in [0.1, 0.15) is 2.85 Å². The Hall–Kier alpha value is 1.41. The molecule has 0 aliphatic heterocycles. The fourth-order valence-corrected chi connectivity index (χ4v) is 0. The third-order valence-corrected chi connectivity index (χ3v) is 0. The third kappa shape index (κ3) is 109. The van der Waals surface area contributed by atoms with E-state index in [0.29, 0.717) is 0 Å². The van der Waals surface area contributed by atoms with E-state index >= 15 is 0 Å². The molecule has 0 aromatic heterocycles. The Balaban J connectivity index is -0.0000000133. The average molecular weight is 173 g/mol. The summed E-state index contributed by atoms with van der Waals surface area (Å²) in [6.45, 7) is 0. The Morgan fingerprint density at radius 3 is 1.00 bits per heavy atom. The molecule has 0 bridgehead atoms. The molecule has 41 valence electrons. The van der Waals surface area contributed by atoms with Crippen molar-refractivity contribution in [3.8, 4) is 0 Å². The second-order valence-corrected chi connectivity index (χ2v) is 1.80. The van der Waals surface area contributed by atoms with Crippen molar-refractivity contribution in [1.29, 1.82) is 0 Å². The van der Waals surface area contributed by atoms with Crippen molar-refractivity contribution >= 4 is 32.1 Å². The first kappa shape index (κ1) is 15.8. The molecule has 0 aromatic carbocycles. The summed E-state index contributed by atoms with van der Waals surface area (Å²) in [5.41, 5.74) is 0. The summed E-state index contributed by atoms with van der Waals surface area (Å²) in [5, 5.41) is 0. The standard InChI is InChI=1S/Mg.H4O4Si.V.2H/c;1-5(2,3)4;;;/h;1-4H;;;/q+2;;;2*-1. The van der Waals surface area contributed by atoms with Gasteiger partial charge in [-0.25, -0.2) is 0 Å². The summed E-state index contributed by atoms with van der Waals surface area (Å²) in [4.78, 5) is 29.3. The number of rotatable bonds is 0. The molecule has 0 atom stereocenters. The van der Waals surface area contributed by atoms with E-state index in [1.54, 1.807) is 0 Å². The van der Waals surface area contributed by atoms with Crippen LogP contribution in [-0.4, -0.2) is 51.3 Å². The van der Waals surface area contributed by atoms with Gasteiger partial charge in [-0.1, -0.05) is 0 Å². The van der Waals surface area contributed by atoms with Gasteiger partial charge in [0.1, 0.15) is 0 Å². The number of hydrogen-bond donors (Lipinski definition) is 4. The van der Waals surface area contributed by atoms with E-state index in [-0.39, 0.29) is 44.5 Å². The van der Waals surface area contributed by atoms with Gasteiger partial charge in [0.05, 0.1) is 0 Å². The summed E-state index contributed by atoms with van der Waals surface area (Å²) < 4.78 is 0. The maximum absolute atomic E-state index is 7.33. The van der Waals surface area contributed by atoms with Gasteiger partial charge in [0.2, 0.25) is 0 Å². The van der Waals surface area contributed by atoms with Crippen LogP contribution < -0.4 is 0 Å². The summed E-state index contributed by atoms with van der Waals surface area (Å²) in [7, 11) is -4.61. The van der Waals surface area contributed by atoms with Crippen LogP contribution in [0.4, 0.5) is 0 Å². The molecule has 7 heteroatoms.